The Kier molecular flexibility index (Phi) is 8.94. The number of nitrogens with one attached hydrogen (secondary N) is 2. The van der Waals surface area contributed by atoms with Gasteiger partial charge in [0.2, 0.25) is 0 Å². The van der Waals surface area contributed by atoms with Gasteiger partial charge in [0.1, 0.15) is 0 Å². The van der Waals surface area contributed by atoms with Crippen molar-refractivity contribution in [2.24, 2.45) is 16.3 Å². The molecule has 21 heavy (non-hydrogen) atoms. The van der Waals surface area contributed by atoms with E-state index < -0.39 is 0 Å². The molecule has 0 aliphatic heterocycles. The molecule has 0 aromatic heterocycles. The van der Waals surface area contributed by atoms with Crippen molar-refractivity contribution < 1.29 is 4.74 Å². The zero-order chi connectivity index (χ0) is 14.3. The van der Waals surface area contributed by atoms with Crippen LogP contribution in [0, 0.1) is 11.3 Å². The van der Waals surface area contributed by atoms with Gasteiger partial charge in [0.25, 0.3) is 0 Å². The SMILES string of the molecule is CN=C(NCCC1CC1)NCC1(CCOC)CCCC1.I. The summed E-state index contributed by atoms with van der Waals surface area (Å²) in [6.45, 7) is 2.95. The van der Waals surface area contributed by atoms with Crippen LogP contribution in [0.1, 0.15) is 51.4 Å². The molecule has 0 aromatic rings. The van der Waals surface area contributed by atoms with Crippen LogP contribution in [0.2, 0.25) is 0 Å². The van der Waals surface area contributed by atoms with Crippen LogP contribution in [-0.2, 0) is 4.74 Å². The van der Waals surface area contributed by atoms with Crippen LogP contribution in [0.15, 0.2) is 4.99 Å². The molecule has 0 bridgehead atoms. The van der Waals surface area contributed by atoms with E-state index in [1.165, 1.54) is 44.9 Å². The van der Waals surface area contributed by atoms with Gasteiger partial charge in [-0.1, -0.05) is 25.7 Å². The highest BCUT2D eigenvalue weighted by Crippen LogP contribution is 2.40. The van der Waals surface area contributed by atoms with Gasteiger partial charge in [-0.2, -0.15) is 0 Å². The van der Waals surface area contributed by atoms with E-state index in [0.717, 1.165) is 38.0 Å². The summed E-state index contributed by atoms with van der Waals surface area (Å²) in [5.41, 5.74) is 0.421. The average molecular weight is 409 g/mol. The van der Waals surface area contributed by atoms with E-state index in [0.29, 0.717) is 5.41 Å². The van der Waals surface area contributed by atoms with Crippen molar-refractivity contribution in [2.45, 2.75) is 51.4 Å². The van der Waals surface area contributed by atoms with Gasteiger partial charge in [0.15, 0.2) is 5.96 Å². The van der Waals surface area contributed by atoms with Gasteiger partial charge >= 0.3 is 0 Å². The summed E-state index contributed by atoms with van der Waals surface area (Å²) in [4.78, 5) is 4.34. The van der Waals surface area contributed by atoms with Crippen LogP contribution in [0.4, 0.5) is 0 Å². The van der Waals surface area contributed by atoms with Gasteiger partial charge in [0, 0.05) is 33.9 Å². The normalized spacial score (nSPS) is 21.0. The Hall–Kier alpha value is -0.0400. The van der Waals surface area contributed by atoms with Gasteiger partial charge in [-0.05, 0) is 37.0 Å². The second kappa shape index (κ2) is 9.87. The molecular formula is C16H32IN3O. The Morgan fingerprint density at radius 3 is 2.52 bits per heavy atom. The number of rotatable bonds is 8. The minimum atomic E-state index is 0. The van der Waals surface area contributed by atoms with Crippen molar-refractivity contribution in [3.05, 3.63) is 0 Å². The van der Waals surface area contributed by atoms with Crippen molar-refractivity contribution in [1.82, 2.24) is 10.6 Å². The number of guanidine groups is 1. The van der Waals surface area contributed by atoms with Crippen LogP contribution >= 0.6 is 24.0 Å². The maximum absolute atomic E-state index is 5.29. The lowest BCUT2D eigenvalue weighted by atomic mass is 9.83. The number of ether oxygens (including phenoxy) is 1. The van der Waals surface area contributed by atoms with Gasteiger partial charge in [0.05, 0.1) is 0 Å². The molecule has 0 spiro atoms. The van der Waals surface area contributed by atoms with Gasteiger partial charge < -0.3 is 15.4 Å². The summed E-state index contributed by atoms with van der Waals surface area (Å²) >= 11 is 0. The smallest absolute Gasteiger partial charge is 0.190 e. The van der Waals surface area contributed by atoms with E-state index in [9.17, 15) is 0 Å². The number of hydrogen-bond acceptors (Lipinski definition) is 2. The molecule has 2 saturated carbocycles. The van der Waals surface area contributed by atoms with Crippen molar-refractivity contribution in [2.75, 3.05) is 33.9 Å². The van der Waals surface area contributed by atoms with E-state index in [1.54, 1.807) is 7.11 Å². The Labute approximate surface area is 146 Å². The van der Waals surface area contributed by atoms with Gasteiger partial charge in [-0.15, -0.1) is 24.0 Å². The van der Waals surface area contributed by atoms with Crippen LogP contribution < -0.4 is 10.6 Å². The third kappa shape index (κ3) is 6.72. The van der Waals surface area contributed by atoms with Crippen LogP contribution in [-0.4, -0.2) is 39.8 Å². The molecule has 0 aromatic carbocycles. The molecule has 0 unspecified atom stereocenters. The van der Waals surface area contributed by atoms with Crippen LogP contribution in [0.3, 0.4) is 0 Å². The largest absolute Gasteiger partial charge is 0.385 e. The Balaban J connectivity index is 0.00000220. The Morgan fingerprint density at radius 2 is 1.95 bits per heavy atom. The molecule has 0 atom stereocenters. The molecular weight excluding hydrogens is 377 g/mol. The van der Waals surface area contributed by atoms with E-state index in [4.69, 9.17) is 4.74 Å². The molecule has 0 heterocycles. The third-order valence-corrected chi connectivity index (χ3v) is 4.90. The first-order valence-corrected chi connectivity index (χ1v) is 8.21. The monoisotopic (exact) mass is 409 g/mol. The minimum Gasteiger partial charge on any atom is -0.385 e. The van der Waals surface area contributed by atoms with Crippen molar-refractivity contribution in [1.29, 1.82) is 0 Å². The van der Waals surface area contributed by atoms with Crippen molar-refractivity contribution in [3.63, 3.8) is 0 Å². The number of nitrogens with zero attached hydrogens (tertiary/aromatic N) is 1. The lowest BCUT2D eigenvalue weighted by Crippen LogP contribution is -2.43. The highest BCUT2D eigenvalue weighted by Gasteiger charge is 2.33. The predicted molar refractivity (Wildman–Crippen MR) is 99.5 cm³/mol. The van der Waals surface area contributed by atoms with Crippen molar-refractivity contribution in [3.8, 4) is 0 Å². The standard InChI is InChI=1S/C16H31N3O.HI/c1-17-15(18-11-7-14-5-6-14)19-13-16(10-12-20-2)8-3-4-9-16;/h14H,3-13H2,1-2H3,(H2,17,18,19);1H. The molecule has 0 radical (unpaired) electrons. The summed E-state index contributed by atoms with van der Waals surface area (Å²) in [7, 11) is 3.66. The highest BCUT2D eigenvalue weighted by atomic mass is 127. The quantitative estimate of drug-likeness (QED) is 0.368. The number of halogens is 1. The summed E-state index contributed by atoms with van der Waals surface area (Å²) in [5.74, 6) is 1.94. The number of aliphatic imine (C=N–C) groups is 1. The van der Waals surface area contributed by atoms with Crippen LogP contribution in [0.5, 0.6) is 0 Å². The van der Waals surface area contributed by atoms with E-state index in [1.807, 2.05) is 7.05 Å². The topological polar surface area (TPSA) is 45.7 Å². The summed E-state index contributed by atoms with van der Waals surface area (Å²) in [6.07, 6.45) is 10.7. The molecule has 124 valence electrons. The number of methoxy groups -OCH3 is 1. The first-order chi connectivity index (χ1) is 9.78. The zero-order valence-electron chi connectivity index (χ0n) is 13.6. The van der Waals surface area contributed by atoms with E-state index in [2.05, 4.69) is 15.6 Å². The maximum atomic E-state index is 5.29. The van der Waals surface area contributed by atoms with Gasteiger partial charge in [-0.25, -0.2) is 0 Å². The van der Waals surface area contributed by atoms with Crippen LogP contribution in [0.25, 0.3) is 0 Å². The fourth-order valence-corrected chi connectivity index (χ4v) is 3.25. The summed E-state index contributed by atoms with van der Waals surface area (Å²) in [6, 6.07) is 0. The molecule has 2 fully saturated rings. The first kappa shape index (κ1) is 19.0. The zero-order valence-corrected chi connectivity index (χ0v) is 15.9. The molecule has 2 aliphatic rings. The molecule has 0 amide bonds. The second-order valence-electron chi connectivity index (χ2n) is 6.53. The van der Waals surface area contributed by atoms with Crippen molar-refractivity contribution >= 4 is 29.9 Å². The lowest BCUT2D eigenvalue weighted by Gasteiger charge is -2.30. The summed E-state index contributed by atoms with van der Waals surface area (Å²) < 4.78 is 5.29. The molecule has 5 heteroatoms. The lowest BCUT2D eigenvalue weighted by molar-refractivity contribution is 0.138. The highest BCUT2D eigenvalue weighted by molar-refractivity contribution is 14.0. The predicted octanol–water partition coefficient (Wildman–Crippen LogP) is 3.17. The Bertz CT molecular complexity index is 313. The first-order valence-electron chi connectivity index (χ1n) is 8.21. The fourth-order valence-electron chi connectivity index (χ4n) is 3.25. The van der Waals surface area contributed by atoms with Gasteiger partial charge in [-0.3, -0.25) is 4.99 Å². The molecule has 2 aliphatic carbocycles. The van der Waals surface area contributed by atoms with E-state index >= 15 is 0 Å². The fraction of sp³-hybridized carbons (Fsp3) is 0.938. The molecule has 2 rings (SSSR count). The summed E-state index contributed by atoms with van der Waals surface area (Å²) in [5, 5.41) is 6.98. The van der Waals surface area contributed by atoms with E-state index in [-0.39, 0.29) is 24.0 Å². The second-order valence-corrected chi connectivity index (χ2v) is 6.53. The Morgan fingerprint density at radius 1 is 1.24 bits per heavy atom. The molecule has 0 saturated heterocycles. The average Bonchev–Trinajstić information content (AvgIpc) is 3.18. The minimum absolute atomic E-state index is 0. The number of hydrogen-bond donors (Lipinski definition) is 2. The molecule has 4 nitrogen and oxygen atoms in total. The molecule has 2 N–H and O–H groups in total. The third-order valence-electron chi connectivity index (χ3n) is 4.90. The maximum Gasteiger partial charge on any atom is 0.190 e.